The van der Waals surface area contributed by atoms with Crippen LogP contribution in [0, 0.1) is 5.92 Å². The third-order valence-corrected chi connectivity index (χ3v) is 5.95. The van der Waals surface area contributed by atoms with E-state index in [9.17, 15) is 8.42 Å². The standard InChI is InChI=1S/C13H19NO4S/c15-19(16,10-11-5-8-17-9-11)14-6-1-3-12(14)13-4-2-7-18-13/h2,4,7,11-12H,1,3,5-6,8-10H2/t11-,12-/m1/s1. The van der Waals surface area contributed by atoms with E-state index in [0.29, 0.717) is 19.8 Å². The maximum atomic E-state index is 12.5. The number of furan rings is 1. The Morgan fingerprint density at radius 3 is 2.95 bits per heavy atom. The van der Waals surface area contributed by atoms with Crippen LogP contribution in [0.25, 0.3) is 0 Å². The van der Waals surface area contributed by atoms with Gasteiger partial charge in [-0.25, -0.2) is 8.42 Å². The van der Waals surface area contributed by atoms with Crippen LogP contribution in [0.4, 0.5) is 0 Å². The second-order valence-electron chi connectivity index (χ2n) is 5.29. The first-order valence-electron chi connectivity index (χ1n) is 6.77. The molecule has 106 valence electrons. The molecule has 3 heterocycles. The van der Waals surface area contributed by atoms with Crippen molar-refractivity contribution >= 4 is 10.0 Å². The van der Waals surface area contributed by atoms with Crippen LogP contribution in [0.1, 0.15) is 31.1 Å². The molecular formula is C13H19NO4S. The van der Waals surface area contributed by atoms with Gasteiger partial charge in [0.1, 0.15) is 5.76 Å². The van der Waals surface area contributed by atoms with Crippen molar-refractivity contribution in [3.8, 4) is 0 Å². The van der Waals surface area contributed by atoms with Crippen molar-refractivity contribution in [1.82, 2.24) is 4.31 Å². The monoisotopic (exact) mass is 285 g/mol. The van der Waals surface area contributed by atoms with E-state index in [1.54, 1.807) is 10.6 Å². The Kier molecular flexibility index (Phi) is 3.64. The third kappa shape index (κ3) is 2.70. The molecule has 2 saturated heterocycles. The summed E-state index contributed by atoms with van der Waals surface area (Å²) in [5.74, 6) is 1.09. The molecule has 2 atom stereocenters. The fourth-order valence-corrected chi connectivity index (χ4v) is 5.00. The molecule has 0 amide bonds. The van der Waals surface area contributed by atoms with Crippen molar-refractivity contribution in [2.24, 2.45) is 5.92 Å². The molecule has 0 bridgehead atoms. The van der Waals surface area contributed by atoms with Gasteiger partial charge in [-0.2, -0.15) is 4.31 Å². The van der Waals surface area contributed by atoms with Crippen molar-refractivity contribution in [3.63, 3.8) is 0 Å². The van der Waals surface area contributed by atoms with Crippen molar-refractivity contribution in [1.29, 1.82) is 0 Å². The highest BCUT2D eigenvalue weighted by Crippen LogP contribution is 2.35. The van der Waals surface area contributed by atoms with Gasteiger partial charge in [0.2, 0.25) is 10.0 Å². The van der Waals surface area contributed by atoms with Gasteiger partial charge in [-0.1, -0.05) is 0 Å². The predicted octanol–water partition coefficient (Wildman–Crippen LogP) is 1.78. The maximum absolute atomic E-state index is 12.5. The number of sulfonamides is 1. The van der Waals surface area contributed by atoms with Crippen LogP contribution in [-0.4, -0.2) is 38.2 Å². The molecule has 19 heavy (non-hydrogen) atoms. The van der Waals surface area contributed by atoms with Gasteiger partial charge in [0.25, 0.3) is 0 Å². The number of rotatable bonds is 4. The molecule has 5 nitrogen and oxygen atoms in total. The Morgan fingerprint density at radius 2 is 2.26 bits per heavy atom. The zero-order chi connectivity index (χ0) is 13.3. The van der Waals surface area contributed by atoms with Gasteiger partial charge >= 0.3 is 0 Å². The van der Waals surface area contributed by atoms with E-state index in [4.69, 9.17) is 9.15 Å². The topological polar surface area (TPSA) is 59.8 Å². The van der Waals surface area contributed by atoms with Crippen LogP contribution in [-0.2, 0) is 14.8 Å². The summed E-state index contributed by atoms with van der Waals surface area (Å²) in [7, 11) is -3.23. The number of ether oxygens (including phenoxy) is 1. The molecular weight excluding hydrogens is 266 g/mol. The van der Waals surface area contributed by atoms with Gasteiger partial charge in [-0.15, -0.1) is 0 Å². The van der Waals surface area contributed by atoms with Crippen LogP contribution >= 0.6 is 0 Å². The van der Waals surface area contributed by atoms with E-state index in [2.05, 4.69) is 0 Å². The van der Waals surface area contributed by atoms with Gasteiger partial charge < -0.3 is 9.15 Å². The van der Waals surface area contributed by atoms with Crippen molar-refractivity contribution in [3.05, 3.63) is 24.2 Å². The van der Waals surface area contributed by atoms with Crippen molar-refractivity contribution < 1.29 is 17.6 Å². The Hall–Kier alpha value is -0.850. The minimum Gasteiger partial charge on any atom is -0.468 e. The molecule has 0 radical (unpaired) electrons. The SMILES string of the molecule is O=S(=O)(C[C@@H]1CCOC1)N1CCC[C@@H]1c1ccco1. The van der Waals surface area contributed by atoms with Crippen LogP contribution in [0.5, 0.6) is 0 Å². The molecule has 0 aromatic carbocycles. The number of hydrogen-bond acceptors (Lipinski definition) is 4. The van der Waals surface area contributed by atoms with Crippen molar-refractivity contribution in [2.75, 3.05) is 25.5 Å². The molecule has 0 saturated carbocycles. The molecule has 2 aliphatic heterocycles. The smallest absolute Gasteiger partial charge is 0.215 e. The summed E-state index contributed by atoms with van der Waals surface area (Å²) in [5, 5.41) is 0. The predicted molar refractivity (Wildman–Crippen MR) is 70.1 cm³/mol. The normalized spacial score (nSPS) is 29.1. The number of nitrogens with zero attached hydrogens (tertiary/aromatic N) is 1. The zero-order valence-corrected chi connectivity index (χ0v) is 11.6. The molecule has 0 spiro atoms. The summed E-state index contributed by atoms with van der Waals surface area (Å²) in [4.78, 5) is 0. The number of hydrogen-bond donors (Lipinski definition) is 0. The Bertz CT molecular complexity index is 505. The van der Waals surface area contributed by atoms with E-state index in [1.807, 2.05) is 12.1 Å². The van der Waals surface area contributed by atoms with Gasteiger partial charge in [-0.3, -0.25) is 0 Å². The Balaban J connectivity index is 1.75. The summed E-state index contributed by atoms with van der Waals surface area (Å²) >= 11 is 0. The lowest BCUT2D eigenvalue weighted by Crippen LogP contribution is -2.35. The summed E-state index contributed by atoms with van der Waals surface area (Å²) < 4.78 is 37.3. The Labute approximate surface area is 113 Å². The highest BCUT2D eigenvalue weighted by molar-refractivity contribution is 7.89. The van der Waals surface area contributed by atoms with Crippen LogP contribution in [0.15, 0.2) is 22.8 Å². The van der Waals surface area contributed by atoms with Crippen molar-refractivity contribution in [2.45, 2.75) is 25.3 Å². The van der Waals surface area contributed by atoms with E-state index < -0.39 is 10.0 Å². The van der Waals surface area contributed by atoms with E-state index in [-0.39, 0.29) is 17.7 Å². The van der Waals surface area contributed by atoms with Crippen LogP contribution < -0.4 is 0 Å². The maximum Gasteiger partial charge on any atom is 0.215 e. The lowest BCUT2D eigenvalue weighted by atomic mass is 10.2. The highest BCUT2D eigenvalue weighted by atomic mass is 32.2. The Morgan fingerprint density at radius 1 is 1.37 bits per heavy atom. The van der Waals surface area contributed by atoms with E-state index >= 15 is 0 Å². The minimum absolute atomic E-state index is 0.123. The van der Waals surface area contributed by atoms with E-state index in [1.165, 1.54) is 0 Å². The lowest BCUT2D eigenvalue weighted by molar-refractivity contribution is 0.188. The van der Waals surface area contributed by atoms with Gasteiger partial charge in [0, 0.05) is 13.2 Å². The second kappa shape index (κ2) is 5.26. The molecule has 2 aliphatic rings. The fraction of sp³-hybridized carbons (Fsp3) is 0.692. The first kappa shape index (κ1) is 13.1. The molecule has 1 aromatic rings. The van der Waals surface area contributed by atoms with Crippen LogP contribution in [0.3, 0.4) is 0 Å². The van der Waals surface area contributed by atoms with E-state index in [0.717, 1.165) is 25.0 Å². The van der Waals surface area contributed by atoms with Gasteiger partial charge in [-0.05, 0) is 37.3 Å². The highest BCUT2D eigenvalue weighted by Gasteiger charge is 2.38. The minimum atomic E-state index is -3.23. The molecule has 2 fully saturated rings. The second-order valence-corrected chi connectivity index (χ2v) is 7.26. The molecule has 0 unspecified atom stereocenters. The van der Waals surface area contributed by atoms with Gasteiger partial charge in [0.05, 0.1) is 24.7 Å². The summed E-state index contributed by atoms with van der Waals surface area (Å²) in [6, 6.07) is 3.54. The first-order chi connectivity index (χ1) is 9.17. The summed E-state index contributed by atoms with van der Waals surface area (Å²) in [5.41, 5.74) is 0. The lowest BCUT2D eigenvalue weighted by Gasteiger charge is -2.23. The largest absolute Gasteiger partial charge is 0.468 e. The molecule has 0 aliphatic carbocycles. The third-order valence-electron chi connectivity index (χ3n) is 3.90. The average Bonchev–Trinajstić information content (AvgIpc) is 3.11. The molecule has 1 aromatic heterocycles. The fourth-order valence-electron chi connectivity index (χ4n) is 2.95. The quantitative estimate of drug-likeness (QED) is 0.846. The molecule has 0 N–H and O–H groups in total. The zero-order valence-electron chi connectivity index (χ0n) is 10.8. The average molecular weight is 285 g/mol. The molecule has 6 heteroatoms. The van der Waals surface area contributed by atoms with Gasteiger partial charge in [0.15, 0.2) is 0 Å². The summed E-state index contributed by atoms with van der Waals surface area (Å²) in [6.45, 7) is 1.85. The summed E-state index contributed by atoms with van der Waals surface area (Å²) in [6.07, 6.45) is 4.18. The van der Waals surface area contributed by atoms with Crippen LogP contribution in [0.2, 0.25) is 0 Å². The first-order valence-corrected chi connectivity index (χ1v) is 8.38. The molecule has 3 rings (SSSR count).